The van der Waals surface area contributed by atoms with E-state index in [0.717, 1.165) is 63.4 Å². The number of alkyl halides is 1. The first-order valence-electron chi connectivity index (χ1n) is 24.4. The van der Waals surface area contributed by atoms with Crippen molar-refractivity contribution in [3.8, 4) is 56.0 Å². The van der Waals surface area contributed by atoms with Crippen molar-refractivity contribution in [2.45, 2.75) is 35.0 Å². The minimum Gasteiger partial charge on any atom is -0.453 e. The number of rotatable bonds is 7. The van der Waals surface area contributed by atoms with Crippen LogP contribution in [0.5, 0.6) is 11.5 Å². The van der Waals surface area contributed by atoms with Crippen LogP contribution in [-0.4, -0.2) is 3.92 Å². The summed E-state index contributed by atoms with van der Waals surface area (Å²) in [5.41, 5.74) is 19.7. The zero-order valence-electron chi connectivity index (χ0n) is 37.7. The third-order valence-electron chi connectivity index (χ3n) is 16.3. The van der Waals surface area contributed by atoms with Crippen LogP contribution in [0.15, 0.2) is 218 Å². The van der Waals surface area contributed by atoms with Crippen LogP contribution in [0.1, 0.15) is 36.8 Å². The van der Waals surface area contributed by atoms with Crippen LogP contribution in [0.3, 0.4) is 0 Å². The van der Waals surface area contributed by atoms with Crippen LogP contribution >= 0.6 is 22.6 Å². The van der Waals surface area contributed by atoms with Gasteiger partial charge in [0.1, 0.15) is 0 Å². The number of ether oxygens (including phenoxy) is 1. The first-order valence-corrected chi connectivity index (χ1v) is 25.6. The Hall–Kier alpha value is -6.89. The fourth-order valence-electron chi connectivity index (χ4n) is 13.4. The Morgan fingerprint density at radius 3 is 1.75 bits per heavy atom. The predicted octanol–water partition coefficient (Wildman–Crippen LogP) is 17.9. The normalized spacial score (nSPS) is 22.2. The molecule has 0 N–H and O–H groups in total. The molecule has 1 heterocycles. The Labute approximate surface area is 412 Å². The Balaban J connectivity index is 0.888. The second-order valence-corrected chi connectivity index (χ2v) is 21.2. The SMILES string of the molecule is IC1CC2CC3CC(C3C2)C12c1ccccc1-c1cccc(-c3ccc4c(c3)N(c3ccccc3)c3ccc(N(c5ccc(-c6ccccc6)cc5)c5ccc(-c6ccccc6)cc5)cc3O4)c12. The van der Waals surface area contributed by atoms with Gasteiger partial charge in [0.25, 0.3) is 0 Å². The topological polar surface area (TPSA) is 15.7 Å². The van der Waals surface area contributed by atoms with Crippen LogP contribution in [0, 0.1) is 23.7 Å². The molecule has 328 valence electrons. The minimum absolute atomic E-state index is 0.00352. The summed E-state index contributed by atoms with van der Waals surface area (Å²) in [6.45, 7) is 0. The smallest absolute Gasteiger partial charge is 0.153 e. The van der Waals surface area contributed by atoms with Crippen molar-refractivity contribution < 1.29 is 4.74 Å². The van der Waals surface area contributed by atoms with Gasteiger partial charge in [-0.2, -0.15) is 0 Å². The van der Waals surface area contributed by atoms with E-state index in [1.54, 1.807) is 11.1 Å². The molecule has 3 fully saturated rings. The lowest BCUT2D eigenvalue weighted by atomic mass is 9.50. The molecule has 3 nitrogen and oxygen atoms in total. The summed E-state index contributed by atoms with van der Waals surface area (Å²) in [5.74, 6) is 4.93. The van der Waals surface area contributed by atoms with Crippen molar-refractivity contribution in [3.63, 3.8) is 0 Å². The maximum atomic E-state index is 7.11. The standard InChI is InChI=1S/C64H49IN2O/c65-62-37-41-35-47-38-57(55(47)36-41)64(62)56-22-11-10-19-53(56)54-21-12-20-52(63(54)64)46-27-34-60-59(39-46)67(48-17-8-3-9-18-48)58-33-32-51(40-61(58)68-60)66(49-28-23-44(24-29-49)42-13-4-1-5-14-42)50-30-25-45(26-31-50)43-15-6-2-7-16-43/h1-34,39-41,47,55,57,62H,35-38H2. The molecular weight excluding hydrogens is 940 g/mol. The first kappa shape index (κ1) is 40.2. The number of fused-ring (bicyclic) bond motifs is 9. The second kappa shape index (κ2) is 15.9. The molecule has 3 saturated carbocycles. The van der Waals surface area contributed by atoms with Gasteiger partial charge in [-0.25, -0.2) is 0 Å². The number of halogens is 1. The molecule has 14 rings (SSSR count). The Morgan fingerprint density at radius 1 is 0.456 bits per heavy atom. The zero-order valence-corrected chi connectivity index (χ0v) is 39.8. The highest BCUT2D eigenvalue weighted by molar-refractivity contribution is 14.1. The van der Waals surface area contributed by atoms with Crippen LogP contribution in [0.2, 0.25) is 0 Å². The van der Waals surface area contributed by atoms with Crippen molar-refractivity contribution in [1.82, 2.24) is 0 Å². The van der Waals surface area contributed by atoms with E-state index in [4.69, 9.17) is 4.74 Å². The maximum Gasteiger partial charge on any atom is 0.153 e. The van der Waals surface area contributed by atoms with Gasteiger partial charge in [0.2, 0.25) is 0 Å². The van der Waals surface area contributed by atoms with Crippen LogP contribution in [0.4, 0.5) is 34.1 Å². The van der Waals surface area contributed by atoms with E-state index < -0.39 is 0 Å². The Bertz CT molecular complexity index is 3290. The van der Waals surface area contributed by atoms with Gasteiger partial charge in [0.15, 0.2) is 11.5 Å². The molecule has 1 aliphatic heterocycles. The highest BCUT2D eigenvalue weighted by atomic mass is 127. The van der Waals surface area contributed by atoms with E-state index in [0.29, 0.717) is 9.84 Å². The summed E-state index contributed by atoms with van der Waals surface area (Å²) in [4.78, 5) is 4.75. The molecular formula is C64H49IN2O. The first-order chi connectivity index (χ1) is 33.6. The number of anilines is 6. The molecule has 4 heteroatoms. The summed E-state index contributed by atoms with van der Waals surface area (Å²) < 4.78 is 7.65. The van der Waals surface area contributed by atoms with E-state index in [1.165, 1.54) is 70.2 Å². The van der Waals surface area contributed by atoms with Gasteiger partial charge in [-0.3, -0.25) is 0 Å². The fraction of sp³-hybridized carbons (Fsp3) is 0.156. The van der Waals surface area contributed by atoms with Gasteiger partial charge in [-0.15, -0.1) is 0 Å². The second-order valence-electron chi connectivity index (χ2n) is 19.7. The average molecular weight is 989 g/mol. The van der Waals surface area contributed by atoms with Crippen molar-refractivity contribution in [2.75, 3.05) is 9.80 Å². The van der Waals surface area contributed by atoms with Gasteiger partial charge in [0, 0.05) is 38.2 Å². The molecule has 0 saturated heterocycles. The zero-order chi connectivity index (χ0) is 44.9. The summed E-state index contributed by atoms with van der Waals surface area (Å²) in [5, 5.41) is 0. The van der Waals surface area contributed by atoms with Crippen LogP contribution in [-0.2, 0) is 5.41 Å². The molecule has 1 spiro atoms. The summed E-state index contributed by atoms with van der Waals surface area (Å²) in [6.07, 6.45) is 5.52. The van der Waals surface area contributed by atoms with E-state index in [-0.39, 0.29) is 5.41 Å². The van der Waals surface area contributed by atoms with Gasteiger partial charge >= 0.3 is 0 Å². The molecule has 6 atom stereocenters. The Morgan fingerprint density at radius 2 is 1.04 bits per heavy atom. The van der Waals surface area contributed by atoms with E-state index in [2.05, 4.69) is 251 Å². The highest BCUT2D eigenvalue weighted by Gasteiger charge is 2.65. The lowest BCUT2D eigenvalue weighted by Gasteiger charge is -2.55. The monoisotopic (exact) mass is 988 g/mol. The minimum atomic E-state index is 0.00352. The van der Waals surface area contributed by atoms with Crippen LogP contribution in [0.25, 0.3) is 44.5 Å². The molecule has 0 radical (unpaired) electrons. The number of benzene rings is 9. The quantitative estimate of drug-likeness (QED) is 0.117. The van der Waals surface area contributed by atoms with Gasteiger partial charge in [-0.1, -0.05) is 174 Å². The molecule has 9 aromatic rings. The van der Waals surface area contributed by atoms with Crippen molar-refractivity contribution in [3.05, 3.63) is 230 Å². The van der Waals surface area contributed by atoms with E-state index in [1.807, 2.05) is 0 Å². The number of para-hydroxylation sites is 1. The molecule has 0 amide bonds. The van der Waals surface area contributed by atoms with E-state index in [9.17, 15) is 0 Å². The van der Waals surface area contributed by atoms with Gasteiger partial charge in [0.05, 0.1) is 11.4 Å². The summed E-state index contributed by atoms with van der Waals surface area (Å²) in [7, 11) is 0. The summed E-state index contributed by atoms with van der Waals surface area (Å²) in [6, 6.07) is 80.1. The number of hydrogen-bond acceptors (Lipinski definition) is 3. The number of nitrogens with zero attached hydrogens (tertiary/aromatic N) is 2. The molecule has 68 heavy (non-hydrogen) atoms. The molecule has 9 aromatic carbocycles. The van der Waals surface area contributed by atoms with Gasteiger partial charge < -0.3 is 14.5 Å². The molecule has 4 aliphatic carbocycles. The highest BCUT2D eigenvalue weighted by Crippen LogP contribution is 2.71. The lowest BCUT2D eigenvalue weighted by Crippen LogP contribution is -2.52. The van der Waals surface area contributed by atoms with Crippen molar-refractivity contribution >= 4 is 56.7 Å². The Kier molecular flexibility index (Phi) is 9.37. The third kappa shape index (κ3) is 6.15. The number of hydrogen-bond donors (Lipinski definition) is 0. The maximum absolute atomic E-state index is 7.11. The van der Waals surface area contributed by atoms with Crippen molar-refractivity contribution in [1.29, 1.82) is 0 Å². The predicted molar refractivity (Wildman–Crippen MR) is 289 cm³/mol. The molecule has 6 unspecified atom stereocenters. The fourth-order valence-corrected chi connectivity index (χ4v) is 15.3. The molecule has 5 aliphatic rings. The van der Waals surface area contributed by atoms with Crippen LogP contribution < -0.4 is 14.5 Å². The largest absolute Gasteiger partial charge is 0.453 e. The van der Waals surface area contributed by atoms with Crippen molar-refractivity contribution in [2.24, 2.45) is 23.7 Å². The van der Waals surface area contributed by atoms with Gasteiger partial charge in [-0.05, 0) is 166 Å². The molecule has 2 bridgehead atoms. The van der Waals surface area contributed by atoms with E-state index >= 15 is 0 Å². The third-order valence-corrected chi connectivity index (χ3v) is 17.8. The molecule has 0 aromatic heterocycles. The average Bonchev–Trinajstić information content (AvgIpc) is 3.84. The lowest BCUT2D eigenvalue weighted by molar-refractivity contribution is 0.0449. The summed E-state index contributed by atoms with van der Waals surface area (Å²) >= 11 is 2.90.